The van der Waals surface area contributed by atoms with Gasteiger partial charge in [-0.15, -0.1) is 0 Å². The molecule has 0 aliphatic rings. The maximum Gasteiger partial charge on any atom is 0.101 e. The second kappa shape index (κ2) is 5.07. The Hall–Kier alpha value is -1.64. The van der Waals surface area contributed by atoms with E-state index in [0.29, 0.717) is 0 Å². The van der Waals surface area contributed by atoms with E-state index in [9.17, 15) is 0 Å². The van der Waals surface area contributed by atoms with Crippen molar-refractivity contribution in [2.45, 2.75) is 0 Å². The Bertz CT molecular complexity index is 267. The van der Waals surface area contributed by atoms with E-state index in [-0.39, 0.29) is 0 Å². The van der Waals surface area contributed by atoms with Crippen LogP contribution in [0, 0.1) is 0 Å². The third-order valence-electron chi connectivity index (χ3n) is 1.18. The van der Waals surface area contributed by atoms with Gasteiger partial charge in [-0.2, -0.15) is 0 Å². The van der Waals surface area contributed by atoms with E-state index >= 15 is 0 Å². The fourth-order valence-corrected chi connectivity index (χ4v) is 0.668. The van der Waals surface area contributed by atoms with Crippen LogP contribution in [0.25, 0.3) is 0 Å². The summed E-state index contributed by atoms with van der Waals surface area (Å²) in [6, 6.07) is 5.65. The lowest BCUT2D eigenvalue weighted by Crippen LogP contribution is -1.83. The molecule has 0 radical (unpaired) electrons. The molecule has 0 aliphatic carbocycles. The molecule has 0 aromatic carbocycles. The Kier molecular flexibility index (Phi) is 3.57. The van der Waals surface area contributed by atoms with Crippen LogP contribution in [0.1, 0.15) is 5.69 Å². The van der Waals surface area contributed by atoms with Crippen molar-refractivity contribution in [2.24, 2.45) is 4.99 Å². The first-order valence-corrected chi connectivity index (χ1v) is 3.55. The van der Waals surface area contributed by atoms with Crippen molar-refractivity contribution >= 4 is 6.21 Å². The van der Waals surface area contributed by atoms with Crippen molar-refractivity contribution < 1.29 is 4.74 Å². The number of aromatic nitrogens is 1. The summed E-state index contributed by atoms with van der Waals surface area (Å²) in [5, 5.41) is 0. The second-order valence-electron chi connectivity index (χ2n) is 2.05. The lowest BCUT2D eigenvalue weighted by Gasteiger charge is -1.87. The Morgan fingerprint density at radius 2 is 2.42 bits per heavy atom. The Morgan fingerprint density at radius 1 is 1.50 bits per heavy atom. The van der Waals surface area contributed by atoms with E-state index in [4.69, 9.17) is 0 Å². The van der Waals surface area contributed by atoms with Gasteiger partial charge < -0.3 is 4.74 Å². The molecule has 0 N–H and O–H groups in total. The molecule has 1 aromatic rings. The number of rotatable bonds is 3. The zero-order chi connectivity index (χ0) is 8.65. The van der Waals surface area contributed by atoms with Gasteiger partial charge in [-0.05, 0) is 12.1 Å². The number of hydrogen-bond acceptors (Lipinski definition) is 3. The first-order valence-electron chi connectivity index (χ1n) is 3.55. The van der Waals surface area contributed by atoms with E-state index in [0.717, 1.165) is 5.69 Å². The SMILES string of the molecule is CO/C=C\N=Cc1ccccn1. The normalized spacial score (nSPS) is 11.1. The Balaban J connectivity index is 2.52. The quantitative estimate of drug-likeness (QED) is 0.500. The summed E-state index contributed by atoms with van der Waals surface area (Å²) in [4.78, 5) is 7.99. The molecule has 0 bridgehead atoms. The molecule has 3 nitrogen and oxygen atoms in total. The molecule has 0 spiro atoms. The minimum Gasteiger partial charge on any atom is -0.503 e. The fourth-order valence-electron chi connectivity index (χ4n) is 0.668. The van der Waals surface area contributed by atoms with Gasteiger partial charge >= 0.3 is 0 Å². The van der Waals surface area contributed by atoms with Crippen LogP contribution >= 0.6 is 0 Å². The minimum absolute atomic E-state index is 0.832. The maximum absolute atomic E-state index is 4.67. The molecule has 12 heavy (non-hydrogen) atoms. The highest BCUT2D eigenvalue weighted by Gasteiger charge is 1.81. The number of ether oxygens (including phenoxy) is 1. The molecule has 0 aliphatic heterocycles. The van der Waals surface area contributed by atoms with Crippen LogP contribution in [0.4, 0.5) is 0 Å². The van der Waals surface area contributed by atoms with Crippen molar-refractivity contribution in [1.29, 1.82) is 0 Å². The predicted octanol–water partition coefficient (Wildman–Crippen LogP) is 1.62. The Labute approximate surface area is 71.4 Å². The highest BCUT2D eigenvalue weighted by atomic mass is 16.5. The zero-order valence-corrected chi connectivity index (χ0v) is 6.84. The van der Waals surface area contributed by atoms with Crippen molar-refractivity contribution in [3.05, 3.63) is 42.6 Å². The number of hydrogen-bond donors (Lipinski definition) is 0. The van der Waals surface area contributed by atoms with Gasteiger partial charge in [-0.1, -0.05) is 6.07 Å². The highest BCUT2D eigenvalue weighted by Crippen LogP contribution is 1.88. The Morgan fingerprint density at radius 3 is 3.08 bits per heavy atom. The zero-order valence-electron chi connectivity index (χ0n) is 6.84. The number of nitrogens with zero attached hydrogens (tertiary/aromatic N) is 2. The largest absolute Gasteiger partial charge is 0.503 e. The average Bonchev–Trinajstić information content (AvgIpc) is 2.14. The predicted molar refractivity (Wildman–Crippen MR) is 48.0 cm³/mol. The van der Waals surface area contributed by atoms with Crippen LogP contribution in [-0.4, -0.2) is 18.3 Å². The van der Waals surface area contributed by atoms with Crippen molar-refractivity contribution in [1.82, 2.24) is 4.98 Å². The number of aliphatic imine (C=N–C) groups is 1. The van der Waals surface area contributed by atoms with E-state index in [1.807, 2.05) is 18.2 Å². The van der Waals surface area contributed by atoms with Gasteiger partial charge in [-0.25, -0.2) is 0 Å². The highest BCUT2D eigenvalue weighted by molar-refractivity contribution is 5.77. The summed E-state index contributed by atoms with van der Waals surface area (Å²) in [7, 11) is 1.58. The van der Waals surface area contributed by atoms with Crippen LogP contribution in [0.5, 0.6) is 0 Å². The topological polar surface area (TPSA) is 34.5 Å². The molecular formula is C9H10N2O. The molecule has 0 amide bonds. The fraction of sp³-hybridized carbons (Fsp3) is 0.111. The van der Waals surface area contributed by atoms with Gasteiger partial charge in [-0.3, -0.25) is 9.98 Å². The van der Waals surface area contributed by atoms with E-state index in [1.165, 1.54) is 6.26 Å². The van der Waals surface area contributed by atoms with Gasteiger partial charge in [0, 0.05) is 6.20 Å². The van der Waals surface area contributed by atoms with Crippen LogP contribution in [0.15, 0.2) is 41.9 Å². The lowest BCUT2D eigenvalue weighted by molar-refractivity contribution is 0.337. The van der Waals surface area contributed by atoms with Crippen LogP contribution in [0.3, 0.4) is 0 Å². The van der Waals surface area contributed by atoms with Crippen molar-refractivity contribution in [3.63, 3.8) is 0 Å². The average molecular weight is 162 g/mol. The maximum atomic E-state index is 4.67. The van der Waals surface area contributed by atoms with Crippen LogP contribution in [0.2, 0.25) is 0 Å². The van der Waals surface area contributed by atoms with E-state index < -0.39 is 0 Å². The summed E-state index contributed by atoms with van der Waals surface area (Å²) in [5.74, 6) is 0. The minimum atomic E-state index is 0.832. The molecule has 1 heterocycles. The number of methoxy groups -OCH3 is 1. The molecule has 0 saturated heterocycles. The smallest absolute Gasteiger partial charge is 0.101 e. The second-order valence-corrected chi connectivity index (χ2v) is 2.05. The molecular weight excluding hydrogens is 152 g/mol. The molecule has 62 valence electrons. The number of pyridine rings is 1. The molecule has 1 rings (SSSR count). The standard InChI is InChI=1S/C9H10N2O/c1-12-7-6-10-8-9-4-2-3-5-11-9/h2-8H,1H3/b7-6-,10-8?. The first-order chi connectivity index (χ1) is 5.93. The monoisotopic (exact) mass is 162 g/mol. The third kappa shape index (κ3) is 2.96. The molecule has 0 unspecified atom stereocenters. The molecule has 0 saturated carbocycles. The molecule has 0 atom stereocenters. The summed E-state index contributed by atoms with van der Waals surface area (Å²) >= 11 is 0. The summed E-state index contributed by atoms with van der Waals surface area (Å²) < 4.78 is 4.67. The van der Waals surface area contributed by atoms with Gasteiger partial charge in [0.15, 0.2) is 0 Å². The van der Waals surface area contributed by atoms with Gasteiger partial charge in [0.1, 0.15) is 6.26 Å². The summed E-state index contributed by atoms with van der Waals surface area (Å²) in [6.07, 6.45) is 6.45. The lowest BCUT2D eigenvalue weighted by atomic mass is 10.4. The van der Waals surface area contributed by atoms with Gasteiger partial charge in [0.25, 0.3) is 0 Å². The molecule has 1 aromatic heterocycles. The van der Waals surface area contributed by atoms with Gasteiger partial charge in [0.2, 0.25) is 0 Å². The first kappa shape index (κ1) is 8.46. The van der Waals surface area contributed by atoms with Crippen molar-refractivity contribution in [3.8, 4) is 0 Å². The van der Waals surface area contributed by atoms with Gasteiger partial charge in [0.05, 0.1) is 25.2 Å². The summed E-state index contributed by atoms with van der Waals surface area (Å²) in [6.45, 7) is 0. The van der Waals surface area contributed by atoms with Crippen molar-refractivity contribution in [2.75, 3.05) is 7.11 Å². The molecule has 3 heteroatoms. The van der Waals surface area contributed by atoms with Crippen LogP contribution < -0.4 is 0 Å². The third-order valence-corrected chi connectivity index (χ3v) is 1.18. The van der Waals surface area contributed by atoms with E-state index in [1.54, 1.807) is 25.7 Å². The van der Waals surface area contributed by atoms with E-state index in [2.05, 4.69) is 14.7 Å². The van der Waals surface area contributed by atoms with Crippen LogP contribution in [-0.2, 0) is 4.74 Å². The molecule has 0 fully saturated rings. The summed E-state index contributed by atoms with van der Waals surface area (Å²) in [5.41, 5.74) is 0.832.